The van der Waals surface area contributed by atoms with Crippen LogP contribution in [0.4, 0.5) is 0 Å². The summed E-state index contributed by atoms with van der Waals surface area (Å²) in [7, 11) is 0. The van der Waals surface area contributed by atoms with Crippen LogP contribution < -0.4 is 0 Å². The second-order valence-electron chi connectivity index (χ2n) is 17.8. The molecule has 53 heavy (non-hydrogen) atoms. The van der Waals surface area contributed by atoms with Gasteiger partial charge in [0.1, 0.15) is 6.17 Å². The highest BCUT2D eigenvalue weighted by molar-refractivity contribution is 4.97. The highest BCUT2D eigenvalue weighted by atomic mass is 15.4. The van der Waals surface area contributed by atoms with Crippen LogP contribution in [0.15, 0.2) is 12.4 Å². The first-order valence-electron chi connectivity index (χ1n) is 25.5. The maximum atomic E-state index is 2.74. The molecule has 1 rings (SSSR count). The van der Waals surface area contributed by atoms with Crippen LogP contribution in [0.25, 0.3) is 0 Å². The van der Waals surface area contributed by atoms with Gasteiger partial charge in [-0.3, -0.25) is 0 Å². The van der Waals surface area contributed by atoms with E-state index in [0.717, 1.165) is 0 Å². The van der Waals surface area contributed by atoms with Gasteiger partial charge < -0.3 is 9.80 Å². The minimum atomic E-state index is 0.636. The molecule has 1 heterocycles. The fraction of sp³-hybridized carbons (Fsp3) is 0.961. The largest absolute Gasteiger partial charge is 0.356 e. The summed E-state index contributed by atoms with van der Waals surface area (Å²) in [6.07, 6.45) is 67.9. The van der Waals surface area contributed by atoms with E-state index in [0.29, 0.717) is 6.17 Å². The minimum absolute atomic E-state index is 0.636. The Morgan fingerprint density at radius 1 is 0.245 bits per heavy atom. The smallest absolute Gasteiger partial charge is 0.101 e. The topological polar surface area (TPSA) is 6.48 Å². The van der Waals surface area contributed by atoms with E-state index >= 15 is 0 Å². The lowest BCUT2D eigenvalue weighted by atomic mass is 10.0. The van der Waals surface area contributed by atoms with Gasteiger partial charge in [-0.1, -0.05) is 271 Å². The van der Waals surface area contributed by atoms with Crippen molar-refractivity contribution in [3.8, 4) is 0 Å². The average Bonchev–Trinajstić information content (AvgIpc) is 3.55. The summed E-state index contributed by atoms with van der Waals surface area (Å²) < 4.78 is 0. The van der Waals surface area contributed by atoms with E-state index in [1.165, 1.54) is 289 Å². The molecule has 1 aliphatic rings. The van der Waals surface area contributed by atoms with Gasteiger partial charge in [0.15, 0.2) is 0 Å². The van der Waals surface area contributed by atoms with Gasteiger partial charge in [-0.15, -0.1) is 0 Å². The monoisotopic (exact) mass is 743 g/mol. The predicted octanol–water partition coefficient (Wildman–Crippen LogP) is 18.2. The Morgan fingerprint density at radius 3 is 0.660 bits per heavy atom. The summed E-state index contributed by atoms with van der Waals surface area (Å²) in [6.45, 7) is 9.50. The fourth-order valence-electron chi connectivity index (χ4n) is 8.84. The number of rotatable bonds is 45. The molecule has 0 aromatic carbocycles. The molecule has 0 saturated carbocycles. The van der Waals surface area contributed by atoms with Gasteiger partial charge in [-0.2, -0.15) is 0 Å². The summed E-state index contributed by atoms with van der Waals surface area (Å²) in [5.41, 5.74) is 0. The Balaban J connectivity index is 2.16. The molecule has 0 N–H and O–H groups in total. The molecule has 0 amide bonds. The highest BCUT2D eigenvalue weighted by Crippen LogP contribution is 2.24. The van der Waals surface area contributed by atoms with E-state index in [1.54, 1.807) is 0 Å². The molecule has 0 fully saturated rings. The number of hydrogen-bond donors (Lipinski definition) is 0. The van der Waals surface area contributed by atoms with Gasteiger partial charge in [0.25, 0.3) is 0 Å². The summed E-state index contributed by atoms with van der Waals surface area (Å²) in [4.78, 5) is 5.48. The zero-order valence-electron chi connectivity index (χ0n) is 37.4. The highest BCUT2D eigenvalue weighted by Gasteiger charge is 2.24. The maximum Gasteiger partial charge on any atom is 0.101 e. The standard InChI is InChI=1S/C51H102N2/c1-4-7-10-13-16-19-22-24-26-27-29-31-33-36-39-42-45-48-53-50-49-52(51(53)46-43-40-37-34-21-18-15-12-9-6-3)47-44-41-38-35-32-30-28-25-23-20-17-14-11-8-5-2/h49-51H,4-48H2,1-3H3. The Bertz CT molecular complexity index is 702. The predicted molar refractivity (Wildman–Crippen MR) is 242 cm³/mol. The lowest BCUT2D eigenvalue weighted by Gasteiger charge is -2.33. The molecular weight excluding hydrogens is 641 g/mol. The van der Waals surface area contributed by atoms with Crippen molar-refractivity contribution in [2.45, 2.75) is 303 Å². The van der Waals surface area contributed by atoms with Crippen LogP contribution >= 0.6 is 0 Å². The summed E-state index contributed by atoms with van der Waals surface area (Å²) >= 11 is 0. The first kappa shape index (κ1) is 50.4. The van der Waals surface area contributed by atoms with Gasteiger partial charge in [0, 0.05) is 25.5 Å². The van der Waals surface area contributed by atoms with Crippen molar-refractivity contribution >= 4 is 0 Å². The Morgan fingerprint density at radius 2 is 0.434 bits per heavy atom. The van der Waals surface area contributed by atoms with Crippen molar-refractivity contribution in [1.29, 1.82) is 0 Å². The van der Waals surface area contributed by atoms with E-state index in [-0.39, 0.29) is 0 Å². The van der Waals surface area contributed by atoms with Crippen LogP contribution in [-0.4, -0.2) is 29.1 Å². The minimum Gasteiger partial charge on any atom is -0.356 e. The van der Waals surface area contributed by atoms with Crippen LogP contribution in [0.2, 0.25) is 0 Å². The first-order valence-corrected chi connectivity index (χ1v) is 25.5. The van der Waals surface area contributed by atoms with Gasteiger partial charge in [-0.25, -0.2) is 0 Å². The molecule has 0 radical (unpaired) electrons. The third kappa shape index (κ3) is 34.3. The molecule has 1 atom stereocenters. The molecule has 0 aromatic heterocycles. The molecule has 0 aliphatic carbocycles. The zero-order chi connectivity index (χ0) is 38.0. The van der Waals surface area contributed by atoms with E-state index in [2.05, 4.69) is 43.0 Å². The van der Waals surface area contributed by atoms with Crippen LogP contribution in [-0.2, 0) is 0 Å². The first-order chi connectivity index (χ1) is 26.3. The van der Waals surface area contributed by atoms with Crippen LogP contribution in [0.5, 0.6) is 0 Å². The second-order valence-corrected chi connectivity index (χ2v) is 17.8. The third-order valence-corrected chi connectivity index (χ3v) is 12.6. The van der Waals surface area contributed by atoms with Crippen LogP contribution in [0.1, 0.15) is 297 Å². The van der Waals surface area contributed by atoms with Gasteiger partial charge >= 0.3 is 0 Å². The molecule has 0 saturated heterocycles. The molecular formula is C51H102N2. The lowest BCUT2D eigenvalue weighted by molar-refractivity contribution is 0.135. The van der Waals surface area contributed by atoms with Crippen molar-refractivity contribution in [3.63, 3.8) is 0 Å². The lowest BCUT2D eigenvalue weighted by Crippen LogP contribution is -2.39. The van der Waals surface area contributed by atoms with E-state index < -0.39 is 0 Å². The van der Waals surface area contributed by atoms with Crippen molar-refractivity contribution in [3.05, 3.63) is 12.4 Å². The van der Waals surface area contributed by atoms with E-state index in [9.17, 15) is 0 Å². The Hall–Kier alpha value is -0.660. The Kier molecular flexibility index (Phi) is 40.4. The van der Waals surface area contributed by atoms with Gasteiger partial charge in [-0.05, 0) is 25.7 Å². The van der Waals surface area contributed by atoms with Crippen molar-refractivity contribution in [2.24, 2.45) is 0 Å². The summed E-state index contributed by atoms with van der Waals surface area (Å²) in [5.74, 6) is 0. The van der Waals surface area contributed by atoms with Crippen molar-refractivity contribution in [2.75, 3.05) is 13.1 Å². The zero-order valence-corrected chi connectivity index (χ0v) is 37.4. The summed E-state index contributed by atoms with van der Waals surface area (Å²) in [6, 6.07) is 0. The van der Waals surface area contributed by atoms with Crippen LogP contribution in [0.3, 0.4) is 0 Å². The number of hydrogen-bond acceptors (Lipinski definition) is 2. The Labute approximate surface area is 337 Å². The SMILES string of the molecule is CCCCCCCCCCCCCCCCCCCN1C=CN(CCCCCCCCCCCCCCCCC)C1CCCCCCCCCCCC. The molecule has 0 aromatic rings. The fourth-order valence-corrected chi connectivity index (χ4v) is 8.84. The molecule has 316 valence electrons. The summed E-state index contributed by atoms with van der Waals surface area (Å²) in [5, 5.41) is 0. The normalized spacial score (nSPS) is 14.4. The quantitative estimate of drug-likeness (QED) is 0.0573. The van der Waals surface area contributed by atoms with E-state index in [1.807, 2.05) is 0 Å². The maximum absolute atomic E-state index is 2.74. The molecule has 1 unspecified atom stereocenters. The van der Waals surface area contributed by atoms with Crippen LogP contribution in [0, 0.1) is 0 Å². The molecule has 0 spiro atoms. The third-order valence-electron chi connectivity index (χ3n) is 12.6. The van der Waals surface area contributed by atoms with Crippen molar-refractivity contribution < 1.29 is 0 Å². The van der Waals surface area contributed by atoms with Gasteiger partial charge in [0.05, 0.1) is 0 Å². The van der Waals surface area contributed by atoms with Crippen molar-refractivity contribution in [1.82, 2.24) is 9.80 Å². The molecule has 2 heteroatoms. The van der Waals surface area contributed by atoms with E-state index in [4.69, 9.17) is 0 Å². The molecule has 2 nitrogen and oxygen atoms in total. The second kappa shape index (κ2) is 42.5. The average molecular weight is 743 g/mol. The number of nitrogens with zero attached hydrogens (tertiary/aromatic N) is 2. The molecule has 1 aliphatic heterocycles. The molecule has 0 bridgehead atoms. The van der Waals surface area contributed by atoms with Gasteiger partial charge in [0.2, 0.25) is 0 Å². The number of unbranched alkanes of at least 4 members (excludes halogenated alkanes) is 39.